The second-order valence-corrected chi connectivity index (χ2v) is 6.88. The average molecular weight is 414 g/mol. The SMILES string of the molecule is CC(=NCC(=O)O)c1ccc(-c2cccc(C(=NCC(=O)O)c3ccccc3)c2)cc1. The maximum Gasteiger partial charge on any atom is 0.325 e. The molecule has 0 atom stereocenters. The third-order valence-corrected chi connectivity index (χ3v) is 4.64. The van der Waals surface area contributed by atoms with Crippen LogP contribution < -0.4 is 0 Å². The molecule has 6 nitrogen and oxygen atoms in total. The lowest BCUT2D eigenvalue weighted by Crippen LogP contribution is -2.08. The van der Waals surface area contributed by atoms with Gasteiger partial charge in [0.2, 0.25) is 0 Å². The molecule has 0 amide bonds. The molecule has 2 N–H and O–H groups in total. The van der Waals surface area contributed by atoms with E-state index in [2.05, 4.69) is 9.98 Å². The highest BCUT2D eigenvalue weighted by molar-refractivity contribution is 6.13. The van der Waals surface area contributed by atoms with Crippen molar-refractivity contribution in [3.05, 3.63) is 95.6 Å². The lowest BCUT2D eigenvalue weighted by Gasteiger charge is -2.10. The van der Waals surface area contributed by atoms with Gasteiger partial charge < -0.3 is 10.2 Å². The van der Waals surface area contributed by atoms with E-state index in [0.717, 1.165) is 27.8 Å². The number of carboxylic acid groups (broad SMARTS) is 2. The highest BCUT2D eigenvalue weighted by Crippen LogP contribution is 2.23. The van der Waals surface area contributed by atoms with E-state index in [4.69, 9.17) is 10.2 Å². The first-order valence-corrected chi connectivity index (χ1v) is 9.70. The minimum atomic E-state index is -0.986. The van der Waals surface area contributed by atoms with Crippen LogP contribution in [-0.2, 0) is 9.59 Å². The van der Waals surface area contributed by atoms with Gasteiger partial charge in [-0.05, 0) is 29.7 Å². The van der Waals surface area contributed by atoms with Gasteiger partial charge in [-0.2, -0.15) is 0 Å². The number of aliphatic imine (C=N–C) groups is 2. The summed E-state index contributed by atoms with van der Waals surface area (Å²) in [4.78, 5) is 30.2. The van der Waals surface area contributed by atoms with Gasteiger partial charge in [-0.15, -0.1) is 0 Å². The largest absolute Gasteiger partial charge is 0.480 e. The summed E-state index contributed by atoms with van der Waals surface area (Å²) in [7, 11) is 0. The summed E-state index contributed by atoms with van der Waals surface area (Å²) in [5.41, 5.74) is 5.75. The number of rotatable bonds is 8. The van der Waals surface area contributed by atoms with Gasteiger partial charge in [0.25, 0.3) is 0 Å². The molecule has 0 aromatic heterocycles. The van der Waals surface area contributed by atoms with E-state index in [-0.39, 0.29) is 13.1 Å². The lowest BCUT2D eigenvalue weighted by molar-refractivity contribution is -0.136. The van der Waals surface area contributed by atoms with E-state index in [1.165, 1.54) is 0 Å². The zero-order valence-corrected chi connectivity index (χ0v) is 17.0. The molecular weight excluding hydrogens is 392 g/mol. The number of benzene rings is 3. The van der Waals surface area contributed by atoms with Gasteiger partial charge in [-0.3, -0.25) is 19.6 Å². The number of hydrogen-bond acceptors (Lipinski definition) is 4. The standard InChI is InChI=1S/C25H22N2O4/c1-17(26-15-23(28)29)18-10-12-19(13-11-18)21-8-5-9-22(14-21)25(27-16-24(30)31)20-6-3-2-4-7-20/h2-14H,15-16H2,1H3,(H,28,29)(H,30,31). The summed E-state index contributed by atoms with van der Waals surface area (Å²) in [6.45, 7) is 1.22. The molecule has 31 heavy (non-hydrogen) atoms. The maximum absolute atomic E-state index is 11.1. The van der Waals surface area contributed by atoms with Crippen molar-refractivity contribution >= 4 is 23.4 Å². The van der Waals surface area contributed by atoms with Crippen LogP contribution in [0.15, 0.2) is 88.8 Å². The molecular formula is C25H22N2O4. The Bertz CT molecular complexity index is 1130. The maximum atomic E-state index is 11.1. The van der Waals surface area contributed by atoms with E-state index in [0.29, 0.717) is 11.4 Å². The Labute approximate surface area is 180 Å². The van der Waals surface area contributed by atoms with Gasteiger partial charge in [0.1, 0.15) is 13.1 Å². The van der Waals surface area contributed by atoms with Crippen LogP contribution in [-0.4, -0.2) is 46.7 Å². The van der Waals surface area contributed by atoms with Gasteiger partial charge in [0, 0.05) is 16.8 Å². The molecule has 0 heterocycles. The molecule has 3 rings (SSSR count). The van der Waals surface area contributed by atoms with E-state index < -0.39 is 11.9 Å². The molecule has 0 bridgehead atoms. The van der Waals surface area contributed by atoms with Crippen molar-refractivity contribution in [2.75, 3.05) is 13.1 Å². The first-order chi connectivity index (χ1) is 14.9. The zero-order chi connectivity index (χ0) is 22.2. The quantitative estimate of drug-likeness (QED) is 0.541. The topological polar surface area (TPSA) is 99.3 Å². The Hall–Kier alpha value is -4.06. The smallest absolute Gasteiger partial charge is 0.325 e. The lowest BCUT2D eigenvalue weighted by atomic mass is 9.96. The van der Waals surface area contributed by atoms with Crippen molar-refractivity contribution < 1.29 is 19.8 Å². The molecule has 0 unspecified atom stereocenters. The van der Waals surface area contributed by atoms with Crippen LogP contribution in [0.4, 0.5) is 0 Å². The molecule has 6 heteroatoms. The summed E-state index contributed by atoms with van der Waals surface area (Å²) in [6.07, 6.45) is 0. The van der Waals surface area contributed by atoms with E-state index in [9.17, 15) is 9.59 Å². The van der Waals surface area contributed by atoms with Crippen LogP contribution in [0.25, 0.3) is 11.1 Å². The first-order valence-electron chi connectivity index (χ1n) is 9.70. The van der Waals surface area contributed by atoms with Gasteiger partial charge >= 0.3 is 11.9 Å². The van der Waals surface area contributed by atoms with Crippen molar-refractivity contribution in [3.8, 4) is 11.1 Å². The van der Waals surface area contributed by atoms with E-state index in [1.54, 1.807) is 6.92 Å². The van der Waals surface area contributed by atoms with Crippen LogP contribution >= 0.6 is 0 Å². The third kappa shape index (κ3) is 5.96. The molecule has 3 aromatic rings. The van der Waals surface area contributed by atoms with Crippen molar-refractivity contribution in [3.63, 3.8) is 0 Å². The normalized spacial score (nSPS) is 11.9. The molecule has 156 valence electrons. The summed E-state index contributed by atoms with van der Waals surface area (Å²) in [6, 6.07) is 25.0. The fourth-order valence-electron chi connectivity index (χ4n) is 3.12. The van der Waals surface area contributed by atoms with E-state index >= 15 is 0 Å². The Morgan fingerprint density at radius 3 is 1.94 bits per heavy atom. The monoisotopic (exact) mass is 414 g/mol. The van der Waals surface area contributed by atoms with Crippen molar-refractivity contribution in [1.29, 1.82) is 0 Å². The summed E-state index contributed by atoms with van der Waals surface area (Å²) < 4.78 is 0. The third-order valence-electron chi connectivity index (χ3n) is 4.64. The van der Waals surface area contributed by atoms with Crippen molar-refractivity contribution in [1.82, 2.24) is 0 Å². The van der Waals surface area contributed by atoms with Crippen molar-refractivity contribution in [2.45, 2.75) is 6.92 Å². The molecule has 0 spiro atoms. The second kappa shape index (κ2) is 10.1. The molecule has 0 aliphatic heterocycles. The van der Waals surface area contributed by atoms with Gasteiger partial charge in [0.15, 0.2) is 0 Å². The van der Waals surface area contributed by atoms with Crippen LogP contribution in [0.5, 0.6) is 0 Å². The predicted molar refractivity (Wildman–Crippen MR) is 121 cm³/mol. The minimum absolute atomic E-state index is 0.256. The second-order valence-electron chi connectivity index (χ2n) is 6.88. The van der Waals surface area contributed by atoms with Gasteiger partial charge in [-0.25, -0.2) is 0 Å². The molecule has 3 aromatic carbocycles. The number of carbonyl (C=O) groups is 2. The van der Waals surface area contributed by atoms with E-state index in [1.807, 2.05) is 78.9 Å². The zero-order valence-electron chi connectivity index (χ0n) is 17.0. The molecule has 0 saturated carbocycles. The highest BCUT2D eigenvalue weighted by Gasteiger charge is 2.10. The van der Waals surface area contributed by atoms with Crippen LogP contribution in [0.1, 0.15) is 23.6 Å². The molecule has 0 aliphatic rings. The Balaban J connectivity index is 1.93. The van der Waals surface area contributed by atoms with Gasteiger partial charge in [-0.1, -0.05) is 72.8 Å². The molecule has 0 radical (unpaired) electrons. The first kappa shape index (κ1) is 21.6. The molecule has 0 aliphatic carbocycles. The van der Waals surface area contributed by atoms with Crippen LogP contribution in [0.3, 0.4) is 0 Å². The summed E-state index contributed by atoms with van der Waals surface area (Å²) >= 11 is 0. The molecule has 0 fully saturated rings. The van der Waals surface area contributed by atoms with Gasteiger partial charge in [0.05, 0.1) is 5.71 Å². The summed E-state index contributed by atoms with van der Waals surface area (Å²) in [5.74, 6) is -1.95. The predicted octanol–water partition coefficient (Wildman–Crippen LogP) is 4.17. The Kier molecular flexibility index (Phi) is 7.06. The summed E-state index contributed by atoms with van der Waals surface area (Å²) in [5, 5.41) is 17.9. The Morgan fingerprint density at radius 2 is 1.29 bits per heavy atom. The van der Waals surface area contributed by atoms with Crippen LogP contribution in [0.2, 0.25) is 0 Å². The number of carboxylic acids is 2. The minimum Gasteiger partial charge on any atom is -0.480 e. The van der Waals surface area contributed by atoms with Crippen molar-refractivity contribution in [2.24, 2.45) is 9.98 Å². The number of hydrogen-bond donors (Lipinski definition) is 2. The highest BCUT2D eigenvalue weighted by atomic mass is 16.4. The average Bonchev–Trinajstić information content (AvgIpc) is 2.78. The molecule has 0 saturated heterocycles. The Morgan fingerprint density at radius 1 is 0.677 bits per heavy atom. The fraction of sp³-hybridized carbons (Fsp3) is 0.120. The number of nitrogens with zero attached hydrogens (tertiary/aromatic N) is 2. The number of aliphatic carboxylic acids is 2. The van der Waals surface area contributed by atoms with Crippen LogP contribution in [0, 0.1) is 0 Å². The fourth-order valence-corrected chi connectivity index (χ4v) is 3.12.